The van der Waals surface area contributed by atoms with Crippen molar-refractivity contribution in [2.45, 2.75) is 32.7 Å². The van der Waals surface area contributed by atoms with E-state index in [1.54, 1.807) is 0 Å². The molecule has 4 heteroatoms. The van der Waals surface area contributed by atoms with E-state index in [1.165, 1.54) is 5.56 Å². The first kappa shape index (κ1) is 11.3. The Hall–Kier alpha value is -1.16. The Balaban J connectivity index is 2.21. The fraction of sp³-hybridized carbons (Fsp3) is 0.667. The minimum absolute atomic E-state index is 0.0893. The third-order valence-corrected chi connectivity index (χ3v) is 3.14. The number of nitrogens with one attached hydrogen (secondary N) is 1. The third-order valence-electron chi connectivity index (χ3n) is 3.14. The second-order valence-corrected chi connectivity index (χ2v) is 4.89. The van der Waals surface area contributed by atoms with Crippen molar-refractivity contribution in [2.24, 2.45) is 0 Å². The van der Waals surface area contributed by atoms with E-state index in [1.807, 2.05) is 12.4 Å². The van der Waals surface area contributed by atoms with Gasteiger partial charge in [-0.05, 0) is 25.8 Å². The van der Waals surface area contributed by atoms with Crippen LogP contribution in [-0.2, 0) is 6.42 Å². The molecule has 1 fully saturated rings. The summed E-state index contributed by atoms with van der Waals surface area (Å²) in [6.45, 7) is 9.51. The minimum atomic E-state index is 0.0893. The van der Waals surface area contributed by atoms with Crippen LogP contribution in [0.2, 0.25) is 0 Å². The number of anilines is 1. The van der Waals surface area contributed by atoms with E-state index in [-0.39, 0.29) is 5.54 Å². The molecule has 1 aromatic rings. The summed E-state index contributed by atoms with van der Waals surface area (Å²) in [6.07, 6.45) is 4.85. The summed E-state index contributed by atoms with van der Waals surface area (Å²) < 4.78 is 0. The van der Waals surface area contributed by atoms with Crippen molar-refractivity contribution in [1.29, 1.82) is 0 Å². The Morgan fingerprint density at radius 1 is 1.38 bits per heavy atom. The molecule has 88 valence electrons. The Kier molecular flexibility index (Phi) is 3.10. The van der Waals surface area contributed by atoms with E-state index in [0.717, 1.165) is 32.0 Å². The van der Waals surface area contributed by atoms with Crippen molar-refractivity contribution in [3.05, 3.63) is 18.0 Å². The standard InChI is InChI=1S/C12H20N4/c1-4-10-7-14-11(15-8-10)16-6-5-13-9-12(16,2)3/h7-8,13H,4-6,9H2,1-3H3. The lowest BCUT2D eigenvalue weighted by atomic mass is 10.0. The lowest BCUT2D eigenvalue weighted by Crippen LogP contribution is -2.58. The number of hydrogen-bond donors (Lipinski definition) is 1. The van der Waals surface area contributed by atoms with Gasteiger partial charge in [0.1, 0.15) is 0 Å². The molecule has 0 amide bonds. The number of rotatable bonds is 2. The summed E-state index contributed by atoms with van der Waals surface area (Å²) in [4.78, 5) is 11.2. The maximum absolute atomic E-state index is 4.46. The van der Waals surface area contributed by atoms with Crippen LogP contribution in [0, 0.1) is 0 Å². The van der Waals surface area contributed by atoms with Gasteiger partial charge in [-0.25, -0.2) is 9.97 Å². The van der Waals surface area contributed by atoms with Gasteiger partial charge < -0.3 is 10.2 Å². The molecule has 0 atom stereocenters. The summed E-state index contributed by atoms with van der Waals surface area (Å²) in [5, 5.41) is 3.40. The molecule has 1 N–H and O–H groups in total. The molecule has 2 heterocycles. The largest absolute Gasteiger partial charge is 0.333 e. The molecular formula is C12H20N4. The van der Waals surface area contributed by atoms with E-state index in [4.69, 9.17) is 0 Å². The summed E-state index contributed by atoms with van der Waals surface area (Å²) >= 11 is 0. The molecule has 1 aliphatic rings. The zero-order valence-corrected chi connectivity index (χ0v) is 10.3. The zero-order valence-electron chi connectivity index (χ0n) is 10.3. The van der Waals surface area contributed by atoms with Gasteiger partial charge in [0.2, 0.25) is 5.95 Å². The molecule has 1 saturated heterocycles. The van der Waals surface area contributed by atoms with E-state index in [9.17, 15) is 0 Å². The van der Waals surface area contributed by atoms with Gasteiger partial charge in [0, 0.05) is 37.6 Å². The average molecular weight is 220 g/mol. The second kappa shape index (κ2) is 4.37. The number of piperazine rings is 1. The molecule has 2 rings (SSSR count). The van der Waals surface area contributed by atoms with Crippen molar-refractivity contribution in [1.82, 2.24) is 15.3 Å². The predicted octanol–water partition coefficient (Wildman–Crippen LogP) is 1.23. The third kappa shape index (κ3) is 2.16. The molecule has 1 aromatic heterocycles. The highest BCUT2D eigenvalue weighted by Gasteiger charge is 2.31. The van der Waals surface area contributed by atoms with Gasteiger partial charge in [-0.1, -0.05) is 6.92 Å². The lowest BCUT2D eigenvalue weighted by molar-refractivity contribution is 0.374. The van der Waals surface area contributed by atoms with E-state index < -0.39 is 0 Å². The highest BCUT2D eigenvalue weighted by atomic mass is 15.3. The number of hydrogen-bond acceptors (Lipinski definition) is 4. The topological polar surface area (TPSA) is 41.1 Å². The molecule has 0 saturated carbocycles. The summed E-state index contributed by atoms with van der Waals surface area (Å²) in [6, 6.07) is 0. The summed E-state index contributed by atoms with van der Waals surface area (Å²) in [7, 11) is 0. The first-order valence-corrected chi connectivity index (χ1v) is 5.93. The molecule has 0 aromatic carbocycles. The van der Waals surface area contributed by atoms with Crippen LogP contribution in [0.3, 0.4) is 0 Å². The fourth-order valence-corrected chi connectivity index (χ4v) is 2.02. The first-order chi connectivity index (χ1) is 7.63. The van der Waals surface area contributed by atoms with Crippen LogP contribution < -0.4 is 10.2 Å². The van der Waals surface area contributed by atoms with Gasteiger partial charge in [0.05, 0.1) is 0 Å². The predicted molar refractivity (Wildman–Crippen MR) is 65.7 cm³/mol. The molecule has 0 aliphatic carbocycles. The quantitative estimate of drug-likeness (QED) is 0.814. The van der Waals surface area contributed by atoms with Crippen LogP contribution in [-0.4, -0.2) is 35.1 Å². The second-order valence-electron chi connectivity index (χ2n) is 4.89. The zero-order chi connectivity index (χ0) is 11.6. The number of aryl methyl sites for hydroxylation is 1. The van der Waals surface area contributed by atoms with E-state index in [0.29, 0.717) is 0 Å². The maximum Gasteiger partial charge on any atom is 0.225 e. The molecule has 0 radical (unpaired) electrons. The van der Waals surface area contributed by atoms with Gasteiger partial charge >= 0.3 is 0 Å². The highest BCUT2D eigenvalue weighted by Crippen LogP contribution is 2.21. The van der Waals surface area contributed by atoms with Crippen molar-refractivity contribution in [3.8, 4) is 0 Å². The monoisotopic (exact) mass is 220 g/mol. The molecule has 0 spiro atoms. The van der Waals surface area contributed by atoms with Gasteiger partial charge in [-0.3, -0.25) is 0 Å². The van der Waals surface area contributed by atoms with Crippen molar-refractivity contribution >= 4 is 5.95 Å². The summed E-state index contributed by atoms with van der Waals surface area (Å²) in [5.41, 5.74) is 1.28. The van der Waals surface area contributed by atoms with Crippen LogP contribution in [0.5, 0.6) is 0 Å². The number of aromatic nitrogens is 2. The molecule has 0 unspecified atom stereocenters. The van der Waals surface area contributed by atoms with Gasteiger partial charge in [0.25, 0.3) is 0 Å². The van der Waals surface area contributed by atoms with Crippen molar-refractivity contribution < 1.29 is 0 Å². The normalized spacial score (nSPS) is 19.8. The Bertz CT molecular complexity index is 345. The maximum atomic E-state index is 4.46. The minimum Gasteiger partial charge on any atom is -0.333 e. The Labute approximate surface area is 97.1 Å². The van der Waals surface area contributed by atoms with Gasteiger partial charge in [0.15, 0.2) is 0 Å². The molecule has 1 aliphatic heterocycles. The van der Waals surface area contributed by atoms with E-state index >= 15 is 0 Å². The van der Waals surface area contributed by atoms with Crippen molar-refractivity contribution in [3.63, 3.8) is 0 Å². The van der Waals surface area contributed by atoms with Crippen LogP contribution in [0.4, 0.5) is 5.95 Å². The highest BCUT2D eigenvalue weighted by molar-refractivity contribution is 5.35. The van der Waals surface area contributed by atoms with Gasteiger partial charge in [-0.2, -0.15) is 0 Å². The SMILES string of the molecule is CCc1cnc(N2CCNCC2(C)C)nc1. The van der Waals surface area contributed by atoms with Crippen molar-refractivity contribution in [2.75, 3.05) is 24.5 Å². The smallest absolute Gasteiger partial charge is 0.225 e. The molecule has 4 nitrogen and oxygen atoms in total. The average Bonchev–Trinajstić information content (AvgIpc) is 2.29. The lowest BCUT2D eigenvalue weighted by Gasteiger charge is -2.42. The van der Waals surface area contributed by atoms with Crippen LogP contribution in [0.15, 0.2) is 12.4 Å². The molecular weight excluding hydrogens is 200 g/mol. The number of nitrogens with zero attached hydrogens (tertiary/aromatic N) is 3. The molecule has 0 bridgehead atoms. The van der Waals surface area contributed by atoms with Crippen LogP contribution >= 0.6 is 0 Å². The fourth-order valence-electron chi connectivity index (χ4n) is 2.02. The van der Waals surface area contributed by atoms with Crippen LogP contribution in [0.25, 0.3) is 0 Å². The molecule has 16 heavy (non-hydrogen) atoms. The Morgan fingerprint density at radius 3 is 2.62 bits per heavy atom. The Morgan fingerprint density at radius 2 is 2.06 bits per heavy atom. The van der Waals surface area contributed by atoms with E-state index in [2.05, 4.69) is 41.0 Å². The van der Waals surface area contributed by atoms with Gasteiger partial charge in [-0.15, -0.1) is 0 Å². The first-order valence-electron chi connectivity index (χ1n) is 5.93. The van der Waals surface area contributed by atoms with Crippen LogP contribution in [0.1, 0.15) is 26.3 Å². The summed E-state index contributed by atoms with van der Waals surface area (Å²) in [5.74, 6) is 0.851.